The van der Waals surface area contributed by atoms with Crippen molar-refractivity contribution in [1.29, 1.82) is 0 Å². The number of carbonyl (C=O) groups is 1. The van der Waals surface area contributed by atoms with E-state index < -0.39 is 5.97 Å². The van der Waals surface area contributed by atoms with Crippen molar-refractivity contribution in [2.45, 2.75) is 0 Å². The molecule has 0 atom stereocenters. The topological polar surface area (TPSA) is 49.4 Å². The fraction of sp³-hybridized carbons (Fsp3) is 0.400. The molecule has 0 aromatic carbocycles. The predicted octanol–water partition coefficient (Wildman–Crippen LogP) is -1.06. The molecule has 0 saturated carbocycles. The van der Waals surface area contributed by atoms with Crippen LogP contribution in [-0.4, -0.2) is 19.7 Å². The first-order chi connectivity index (χ1) is 3.77. The summed E-state index contributed by atoms with van der Waals surface area (Å²) in [6.45, 7) is 0.313. The summed E-state index contributed by atoms with van der Waals surface area (Å²) in [5.74, 6) is -1.19. The Morgan fingerprint density at radius 2 is 2.33 bits per heavy atom. The van der Waals surface area contributed by atoms with Crippen LogP contribution in [0.15, 0.2) is 12.2 Å². The molecule has 0 unspecified atom stereocenters. The van der Waals surface area contributed by atoms with Gasteiger partial charge in [0.05, 0.1) is 12.6 Å². The van der Waals surface area contributed by atoms with Crippen LogP contribution in [0.3, 0.4) is 0 Å². The summed E-state index contributed by atoms with van der Waals surface area (Å²) in [6, 6.07) is 0. The molecule has 0 aliphatic rings. The van der Waals surface area contributed by atoms with Crippen molar-refractivity contribution in [3.8, 4) is 0 Å². The Morgan fingerprint density at radius 3 is 2.67 bits per heavy atom. The number of carboxylic acid groups (broad SMARTS) is 1. The summed E-state index contributed by atoms with van der Waals surface area (Å²) in [5.41, 5.74) is 0. The van der Waals surface area contributed by atoms with Crippen molar-refractivity contribution in [1.82, 2.24) is 0 Å². The normalized spacial score (nSPS) is 9.00. The van der Waals surface area contributed by atoms with Crippen LogP contribution in [0.4, 0.5) is 0 Å². The Morgan fingerprint density at radius 1 is 1.78 bits per heavy atom. The molecular formula is C5H7AgO3. The Labute approximate surface area is 69.2 Å². The van der Waals surface area contributed by atoms with Crippen LogP contribution in [0, 0.1) is 0 Å². The average molecular weight is 223 g/mol. The smallest absolute Gasteiger partial charge is 0.545 e. The first-order valence-corrected chi connectivity index (χ1v) is 2.14. The van der Waals surface area contributed by atoms with Gasteiger partial charge in [0.2, 0.25) is 0 Å². The third kappa shape index (κ3) is 11.5. The molecule has 0 aliphatic carbocycles. The molecule has 0 radical (unpaired) electrons. The summed E-state index contributed by atoms with van der Waals surface area (Å²) in [7, 11) is 1.49. The van der Waals surface area contributed by atoms with E-state index in [1.54, 1.807) is 0 Å². The van der Waals surface area contributed by atoms with Crippen LogP contribution in [0.1, 0.15) is 0 Å². The van der Waals surface area contributed by atoms with Crippen LogP contribution in [0.2, 0.25) is 0 Å². The van der Waals surface area contributed by atoms with E-state index >= 15 is 0 Å². The van der Waals surface area contributed by atoms with Gasteiger partial charge in [-0.2, -0.15) is 0 Å². The molecule has 0 rings (SSSR count). The van der Waals surface area contributed by atoms with Gasteiger partial charge in [0.25, 0.3) is 0 Å². The molecule has 0 aliphatic heterocycles. The van der Waals surface area contributed by atoms with Gasteiger partial charge in [0.1, 0.15) is 0 Å². The number of hydrogen-bond donors (Lipinski definition) is 0. The zero-order chi connectivity index (χ0) is 6.41. The van der Waals surface area contributed by atoms with Gasteiger partial charge in [-0.05, 0) is 6.08 Å². The van der Waals surface area contributed by atoms with E-state index in [9.17, 15) is 9.90 Å². The van der Waals surface area contributed by atoms with Crippen molar-refractivity contribution >= 4 is 5.97 Å². The standard InChI is InChI=1S/C5H8O3.Ag/c1-8-4-2-3-5(6)7;/h2-3H,4H2,1H3,(H,6,7);/q;+1/p-1. The van der Waals surface area contributed by atoms with Crippen LogP contribution < -0.4 is 5.11 Å². The van der Waals surface area contributed by atoms with Gasteiger partial charge < -0.3 is 14.6 Å². The third-order valence-electron chi connectivity index (χ3n) is 0.517. The van der Waals surface area contributed by atoms with Crippen molar-refractivity contribution in [2.24, 2.45) is 0 Å². The van der Waals surface area contributed by atoms with Crippen LogP contribution in [0.25, 0.3) is 0 Å². The third-order valence-corrected chi connectivity index (χ3v) is 0.517. The van der Waals surface area contributed by atoms with E-state index in [0.29, 0.717) is 6.61 Å². The Hall–Kier alpha value is -0.0897. The number of hydrogen-bond acceptors (Lipinski definition) is 3. The monoisotopic (exact) mass is 222 g/mol. The number of rotatable bonds is 3. The minimum atomic E-state index is -1.19. The van der Waals surface area contributed by atoms with Gasteiger partial charge in [-0.25, -0.2) is 0 Å². The summed E-state index contributed by atoms with van der Waals surface area (Å²) in [5, 5.41) is 9.62. The van der Waals surface area contributed by atoms with E-state index in [-0.39, 0.29) is 22.4 Å². The first kappa shape index (κ1) is 11.7. The fourth-order valence-corrected chi connectivity index (χ4v) is 0.241. The Balaban J connectivity index is 0. The van der Waals surface area contributed by atoms with Crippen LogP contribution in [-0.2, 0) is 31.9 Å². The minimum Gasteiger partial charge on any atom is -0.545 e. The molecule has 4 heteroatoms. The van der Waals surface area contributed by atoms with Crippen molar-refractivity contribution in [3.05, 3.63) is 12.2 Å². The fourth-order valence-electron chi connectivity index (χ4n) is 0.241. The van der Waals surface area contributed by atoms with Gasteiger partial charge in [0.15, 0.2) is 0 Å². The molecule has 3 nitrogen and oxygen atoms in total. The summed E-state index contributed by atoms with van der Waals surface area (Å²) >= 11 is 0. The minimum absolute atomic E-state index is 0. The molecule has 0 saturated heterocycles. The maximum absolute atomic E-state index is 9.62. The molecule has 9 heavy (non-hydrogen) atoms. The van der Waals surface area contributed by atoms with E-state index in [2.05, 4.69) is 4.74 Å². The second kappa shape index (κ2) is 7.91. The molecule has 0 spiro atoms. The van der Waals surface area contributed by atoms with E-state index in [1.807, 2.05) is 0 Å². The zero-order valence-electron chi connectivity index (χ0n) is 4.89. The molecule has 0 fully saturated rings. The number of aliphatic carboxylic acids is 1. The van der Waals surface area contributed by atoms with Crippen LogP contribution in [0.5, 0.6) is 0 Å². The van der Waals surface area contributed by atoms with Crippen LogP contribution >= 0.6 is 0 Å². The molecule has 0 aromatic rings. The van der Waals surface area contributed by atoms with Crippen molar-refractivity contribution < 1.29 is 37.0 Å². The van der Waals surface area contributed by atoms with E-state index in [0.717, 1.165) is 6.08 Å². The molecule has 56 valence electrons. The zero-order valence-corrected chi connectivity index (χ0v) is 6.37. The van der Waals surface area contributed by atoms with Gasteiger partial charge >= 0.3 is 22.4 Å². The second-order valence-electron chi connectivity index (χ2n) is 1.18. The predicted molar refractivity (Wildman–Crippen MR) is 26.0 cm³/mol. The molecule has 0 heterocycles. The maximum Gasteiger partial charge on any atom is 1.00 e. The number of carbonyl (C=O) groups excluding carboxylic acids is 1. The molecular weight excluding hydrogens is 216 g/mol. The SMILES string of the molecule is COCC=CC(=O)[O-].[Ag+]. The summed E-state index contributed by atoms with van der Waals surface area (Å²) < 4.78 is 4.51. The molecule has 0 N–H and O–H groups in total. The molecule has 0 amide bonds. The number of carboxylic acids is 1. The van der Waals surface area contributed by atoms with Gasteiger partial charge in [-0.1, -0.05) is 6.08 Å². The van der Waals surface area contributed by atoms with E-state index in [1.165, 1.54) is 13.2 Å². The second-order valence-corrected chi connectivity index (χ2v) is 1.18. The molecule has 0 bridgehead atoms. The maximum atomic E-state index is 9.62. The molecule has 0 aromatic heterocycles. The first-order valence-electron chi connectivity index (χ1n) is 2.14. The Bertz CT molecular complexity index is 100. The number of ether oxygens (including phenoxy) is 1. The van der Waals surface area contributed by atoms with Gasteiger partial charge in [-0.3, -0.25) is 0 Å². The van der Waals surface area contributed by atoms with E-state index in [4.69, 9.17) is 0 Å². The van der Waals surface area contributed by atoms with Gasteiger partial charge in [-0.15, -0.1) is 0 Å². The van der Waals surface area contributed by atoms with Crippen molar-refractivity contribution in [3.63, 3.8) is 0 Å². The summed E-state index contributed by atoms with van der Waals surface area (Å²) in [6.07, 6.45) is 2.30. The quantitative estimate of drug-likeness (QED) is 0.452. The van der Waals surface area contributed by atoms with Gasteiger partial charge in [0, 0.05) is 7.11 Å². The van der Waals surface area contributed by atoms with Crippen molar-refractivity contribution in [2.75, 3.05) is 13.7 Å². The number of methoxy groups -OCH3 is 1. The summed E-state index contributed by atoms with van der Waals surface area (Å²) in [4.78, 5) is 9.62. The largest absolute Gasteiger partial charge is 1.00 e. The average Bonchev–Trinajstić information content (AvgIpc) is 1.66. The Kier molecular flexibility index (Phi) is 10.3.